The highest BCUT2D eigenvalue weighted by Crippen LogP contribution is 2.69. The highest BCUT2D eigenvalue weighted by molar-refractivity contribution is 6.16. The third kappa shape index (κ3) is 6.21. The van der Waals surface area contributed by atoms with Crippen LogP contribution in [-0.2, 0) is 5.41 Å². The van der Waals surface area contributed by atoms with Crippen molar-refractivity contribution in [1.82, 2.24) is 4.57 Å². The zero-order chi connectivity index (χ0) is 47.3. The van der Waals surface area contributed by atoms with Crippen molar-refractivity contribution in [1.29, 1.82) is 0 Å². The van der Waals surface area contributed by atoms with E-state index in [-0.39, 0.29) is 5.41 Å². The van der Waals surface area contributed by atoms with E-state index >= 15 is 0 Å². The van der Waals surface area contributed by atoms with E-state index in [0.717, 1.165) is 23.2 Å². The number of hydrogen-bond donors (Lipinski definition) is 0. The Hall–Kier alpha value is -8.20. The normalized spacial score (nSPS) is 20.3. The first-order valence-corrected chi connectivity index (χ1v) is 26.3. The molecule has 0 N–H and O–H groups in total. The van der Waals surface area contributed by atoms with Gasteiger partial charge in [0.15, 0.2) is 0 Å². The van der Waals surface area contributed by atoms with E-state index in [9.17, 15) is 0 Å². The van der Waals surface area contributed by atoms with Crippen LogP contribution in [-0.4, -0.2) is 4.57 Å². The second-order valence-electron chi connectivity index (χ2n) is 21.2. The molecule has 4 saturated carbocycles. The molecule has 5 aliphatic carbocycles. The lowest BCUT2D eigenvalue weighted by Gasteiger charge is -2.61. The summed E-state index contributed by atoms with van der Waals surface area (Å²) in [7, 11) is 0. The lowest BCUT2D eigenvalue weighted by molar-refractivity contribution is -0.0399. The molecule has 0 radical (unpaired) electrons. The van der Waals surface area contributed by atoms with Gasteiger partial charge in [0.25, 0.3) is 0 Å². The van der Waals surface area contributed by atoms with Gasteiger partial charge in [-0.3, -0.25) is 0 Å². The monoisotopic (exact) mass is 922 g/mol. The molecule has 0 unspecified atom stereocenters. The van der Waals surface area contributed by atoms with Gasteiger partial charge in [-0.25, -0.2) is 0 Å². The van der Waals surface area contributed by atoms with Gasteiger partial charge in [-0.2, -0.15) is 0 Å². The SMILES string of the molecule is c1ccc(-c2ccccc2-c2ccccc2-c2ccccc2N(c2ccc(-c3cccc4c3c3ccccc3n4-c3ccccc3)cc2)c2ccc3c(c2)C2(c4ccccc4-3)C3CC4CC(C3)CC2C4)cc1. The second kappa shape index (κ2) is 16.4. The molecule has 16 rings (SSSR count). The van der Waals surface area contributed by atoms with Gasteiger partial charge in [0, 0.05) is 38.8 Å². The lowest BCUT2D eigenvalue weighted by atomic mass is 9.43. The Morgan fingerprint density at radius 2 is 0.861 bits per heavy atom. The van der Waals surface area contributed by atoms with Crippen molar-refractivity contribution in [3.63, 3.8) is 0 Å². The summed E-state index contributed by atoms with van der Waals surface area (Å²) in [5.74, 6) is 3.12. The summed E-state index contributed by atoms with van der Waals surface area (Å²) < 4.78 is 2.42. The summed E-state index contributed by atoms with van der Waals surface area (Å²) in [5.41, 5.74) is 23.0. The molecule has 344 valence electrons. The number of aromatic nitrogens is 1. The first-order chi connectivity index (χ1) is 35.7. The summed E-state index contributed by atoms with van der Waals surface area (Å²) in [6.07, 6.45) is 6.88. The second-order valence-corrected chi connectivity index (χ2v) is 21.2. The molecular weight excluding hydrogens is 869 g/mol. The molecule has 4 fully saturated rings. The summed E-state index contributed by atoms with van der Waals surface area (Å²) in [4.78, 5) is 2.58. The van der Waals surface area contributed by atoms with Gasteiger partial charge in [-0.1, -0.05) is 188 Å². The molecule has 2 nitrogen and oxygen atoms in total. The van der Waals surface area contributed by atoms with Crippen molar-refractivity contribution in [2.75, 3.05) is 4.90 Å². The van der Waals surface area contributed by atoms with Crippen molar-refractivity contribution < 1.29 is 0 Å². The molecule has 72 heavy (non-hydrogen) atoms. The van der Waals surface area contributed by atoms with Gasteiger partial charge >= 0.3 is 0 Å². The van der Waals surface area contributed by atoms with Crippen molar-refractivity contribution in [3.05, 3.63) is 254 Å². The van der Waals surface area contributed by atoms with Crippen LogP contribution in [0, 0.1) is 23.7 Å². The Morgan fingerprint density at radius 3 is 1.60 bits per heavy atom. The highest BCUT2D eigenvalue weighted by atomic mass is 15.1. The molecule has 1 aromatic heterocycles. The van der Waals surface area contributed by atoms with E-state index in [1.165, 1.54) is 121 Å². The van der Waals surface area contributed by atoms with Gasteiger partial charge in [-0.05, 0) is 172 Å². The van der Waals surface area contributed by atoms with E-state index in [1.54, 1.807) is 11.1 Å². The molecule has 4 bridgehead atoms. The van der Waals surface area contributed by atoms with Crippen molar-refractivity contribution in [3.8, 4) is 61.3 Å². The van der Waals surface area contributed by atoms with Crippen LogP contribution in [0.2, 0.25) is 0 Å². The average Bonchev–Trinajstić information content (AvgIpc) is 3.94. The number of anilines is 3. The molecule has 0 atom stereocenters. The summed E-state index contributed by atoms with van der Waals surface area (Å²) in [6.45, 7) is 0. The summed E-state index contributed by atoms with van der Waals surface area (Å²) in [5, 5.41) is 2.54. The van der Waals surface area contributed by atoms with E-state index in [0.29, 0.717) is 11.8 Å². The molecule has 1 spiro atoms. The van der Waals surface area contributed by atoms with Gasteiger partial charge in [0.1, 0.15) is 0 Å². The maximum atomic E-state index is 2.65. The van der Waals surface area contributed by atoms with Crippen molar-refractivity contribution in [2.45, 2.75) is 37.5 Å². The van der Waals surface area contributed by atoms with Crippen molar-refractivity contribution >= 4 is 38.9 Å². The molecule has 1 heterocycles. The third-order valence-electron chi connectivity index (χ3n) is 17.6. The maximum absolute atomic E-state index is 2.65. The fraction of sp³-hybridized carbons (Fsp3) is 0.143. The molecule has 0 amide bonds. The first-order valence-electron chi connectivity index (χ1n) is 26.3. The standard InChI is InChI=1S/C70H54N2/c1-3-18-48(19-4-1)55-22-7-8-23-57(55)58-24-9-10-25-59(58)62-27-12-15-31-66(62)71(54-38-39-61-60-26-11-14-30-64(60)70(65(61)45-54)50-41-46-40-47(43-50)44-51(70)42-46)53-36-34-49(35-37-53)56-29-17-33-68-69(56)63-28-13-16-32-67(63)72(68)52-20-5-2-6-21-52/h1-39,45-47,50-51H,40-44H2. The zero-order valence-corrected chi connectivity index (χ0v) is 40.3. The molecule has 11 aromatic rings. The zero-order valence-electron chi connectivity index (χ0n) is 40.3. The minimum atomic E-state index is 0.0514. The number of hydrogen-bond acceptors (Lipinski definition) is 1. The fourth-order valence-corrected chi connectivity index (χ4v) is 15.0. The van der Waals surface area contributed by atoms with E-state index < -0.39 is 0 Å². The summed E-state index contributed by atoms with van der Waals surface area (Å²) >= 11 is 0. The van der Waals surface area contributed by atoms with Crippen LogP contribution >= 0.6 is 0 Å². The topological polar surface area (TPSA) is 8.17 Å². The van der Waals surface area contributed by atoms with Gasteiger partial charge in [-0.15, -0.1) is 0 Å². The van der Waals surface area contributed by atoms with E-state index in [1.807, 2.05) is 0 Å². The van der Waals surface area contributed by atoms with Crippen LogP contribution in [0.25, 0.3) is 83.1 Å². The number of nitrogens with zero attached hydrogens (tertiary/aromatic N) is 2. The molecule has 0 saturated heterocycles. The summed E-state index contributed by atoms with van der Waals surface area (Å²) in [6, 6.07) is 90.9. The smallest absolute Gasteiger partial charge is 0.0547 e. The van der Waals surface area contributed by atoms with Crippen LogP contribution in [0.1, 0.15) is 43.2 Å². The Bertz CT molecular complexity index is 3850. The van der Waals surface area contributed by atoms with Crippen LogP contribution in [0.5, 0.6) is 0 Å². The molecular formula is C70H54N2. The fourth-order valence-electron chi connectivity index (χ4n) is 15.0. The van der Waals surface area contributed by atoms with Crippen LogP contribution in [0.3, 0.4) is 0 Å². The quantitative estimate of drug-likeness (QED) is 0.147. The van der Waals surface area contributed by atoms with Crippen LogP contribution < -0.4 is 4.90 Å². The Kier molecular flexibility index (Phi) is 9.49. The largest absolute Gasteiger partial charge is 0.310 e. The van der Waals surface area contributed by atoms with Gasteiger partial charge < -0.3 is 9.47 Å². The molecule has 10 aromatic carbocycles. The minimum Gasteiger partial charge on any atom is -0.310 e. The third-order valence-corrected chi connectivity index (χ3v) is 17.6. The highest BCUT2D eigenvalue weighted by Gasteiger charge is 2.61. The Balaban J connectivity index is 0.930. The molecule has 0 aliphatic heterocycles. The molecule has 5 aliphatic rings. The minimum absolute atomic E-state index is 0.0514. The Labute approximate surface area is 422 Å². The number of fused-ring (bicyclic) bond motifs is 6. The number of benzene rings is 10. The van der Waals surface area contributed by atoms with Crippen LogP contribution in [0.15, 0.2) is 243 Å². The van der Waals surface area contributed by atoms with Crippen molar-refractivity contribution in [2.24, 2.45) is 23.7 Å². The predicted molar refractivity (Wildman–Crippen MR) is 300 cm³/mol. The predicted octanol–water partition coefficient (Wildman–Crippen LogP) is 18.6. The number of rotatable bonds is 8. The lowest BCUT2D eigenvalue weighted by Crippen LogP contribution is -2.55. The Morgan fingerprint density at radius 1 is 0.347 bits per heavy atom. The maximum Gasteiger partial charge on any atom is 0.0547 e. The average molecular weight is 923 g/mol. The van der Waals surface area contributed by atoms with E-state index in [2.05, 4.69) is 252 Å². The molecule has 2 heteroatoms. The van der Waals surface area contributed by atoms with Gasteiger partial charge in [0.05, 0.1) is 16.7 Å². The van der Waals surface area contributed by atoms with E-state index in [4.69, 9.17) is 0 Å². The van der Waals surface area contributed by atoms with Crippen LogP contribution in [0.4, 0.5) is 17.1 Å². The number of para-hydroxylation sites is 3. The first kappa shape index (κ1) is 41.6. The van der Waals surface area contributed by atoms with Gasteiger partial charge in [0.2, 0.25) is 0 Å².